The molecule has 1 amide bonds. The summed E-state index contributed by atoms with van der Waals surface area (Å²) in [6.07, 6.45) is 0. The van der Waals surface area contributed by atoms with Gasteiger partial charge in [0.2, 0.25) is 0 Å². The number of primary amides is 1. The van der Waals surface area contributed by atoms with Crippen LogP contribution in [-0.2, 0) is 0 Å². The number of fused-ring (bicyclic) bond motifs is 1. The normalized spacial score (nSPS) is 11.0. The van der Waals surface area contributed by atoms with Crippen LogP contribution in [0.5, 0.6) is 5.75 Å². The maximum Gasteiger partial charge on any atom is 0.332 e. The zero-order valence-corrected chi connectivity index (χ0v) is 14.4. The Labute approximate surface area is 156 Å². The van der Waals surface area contributed by atoms with Gasteiger partial charge in [-0.25, -0.2) is 19.3 Å². The molecule has 0 aliphatic heterocycles. The molecule has 8 nitrogen and oxygen atoms in total. The molecule has 4 aromatic rings. The maximum absolute atomic E-state index is 12.5. The van der Waals surface area contributed by atoms with E-state index >= 15 is 0 Å². The molecule has 9 heteroatoms. The third-order valence-corrected chi connectivity index (χ3v) is 4.25. The number of aromatic amines is 1. The molecule has 0 radical (unpaired) electrons. The van der Waals surface area contributed by atoms with Crippen molar-refractivity contribution >= 4 is 28.7 Å². The fraction of sp³-hybridized carbons (Fsp3) is 0. The predicted molar refractivity (Wildman–Crippen MR) is 100 cm³/mol. The monoisotopic (exact) mass is 381 g/mol. The van der Waals surface area contributed by atoms with Crippen molar-refractivity contribution in [2.24, 2.45) is 5.73 Å². The van der Waals surface area contributed by atoms with E-state index < -0.39 is 11.6 Å². The van der Waals surface area contributed by atoms with Crippen molar-refractivity contribution in [1.82, 2.24) is 19.5 Å². The number of hydrogen-bond donors (Lipinski definition) is 3. The number of carbonyl (C=O) groups is 1. The van der Waals surface area contributed by atoms with E-state index in [0.29, 0.717) is 16.3 Å². The molecule has 0 saturated carbocycles. The van der Waals surface area contributed by atoms with Crippen molar-refractivity contribution in [3.8, 4) is 22.8 Å². The van der Waals surface area contributed by atoms with Crippen LogP contribution >= 0.6 is 11.6 Å². The second-order valence-corrected chi connectivity index (χ2v) is 6.15. The van der Waals surface area contributed by atoms with E-state index in [-0.39, 0.29) is 28.4 Å². The van der Waals surface area contributed by atoms with Crippen LogP contribution in [0.4, 0.5) is 0 Å². The van der Waals surface area contributed by atoms with Gasteiger partial charge >= 0.3 is 5.69 Å². The lowest BCUT2D eigenvalue weighted by Crippen LogP contribution is -2.15. The smallest absolute Gasteiger partial charge is 0.332 e. The van der Waals surface area contributed by atoms with Gasteiger partial charge in [0.15, 0.2) is 17.2 Å². The number of para-hydroxylation sites is 1. The van der Waals surface area contributed by atoms with Crippen LogP contribution in [0.1, 0.15) is 10.5 Å². The number of rotatable bonds is 3. The van der Waals surface area contributed by atoms with Crippen molar-refractivity contribution in [3.63, 3.8) is 0 Å². The minimum Gasteiger partial charge on any atom is -0.507 e. The molecular formula is C18H12ClN5O3. The molecule has 0 fully saturated rings. The van der Waals surface area contributed by atoms with Crippen LogP contribution in [0.25, 0.3) is 28.2 Å². The fourth-order valence-corrected chi connectivity index (χ4v) is 2.90. The summed E-state index contributed by atoms with van der Waals surface area (Å²) in [6.45, 7) is 0. The number of phenolic OH excluding ortho intramolecular Hbond substituents is 1. The number of amides is 1. The van der Waals surface area contributed by atoms with Gasteiger partial charge in [0.25, 0.3) is 5.91 Å². The second-order valence-electron chi connectivity index (χ2n) is 5.72. The molecule has 2 aromatic carbocycles. The summed E-state index contributed by atoms with van der Waals surface area (Å²) in [5.74, 6) is -0.831. The Kier molecular flexibility index (Phi) is 3.89. The van der Waals surface area contributed by atoms with Crippen LogP contribution in [0.15, 0.2) is 53.3 Å². The van der Waals surface area contributed by atoms with Gasteiger partial charge in [0, 0.05) is 5.02 Å². The van der Waals surface area contributed by atoms with E-state index in [1.807, 2.05) is 0 Å². The number of hydrogen-bond acceptors (Lipinski definition) is 5. The van der Waals surface area contributed by atoms with Crippen molar-refractivity contribution < 1.29 is 9.90 Å². The third-order valence-electron chi connectivity index (χ3n) is 4.00. The van der Waals surface area contributed by atoms with E-state index in [1.165, 1.54) is 10.6 Å². The Morgan fingerprint density at radius 2 is 1.81 bits per heavy atom. The Morgan fingerprint density at radius 3 is 2.48 bits per heavy atom. The Bertz CT molecular complexity index is 1240. The number of aromatic hydroxyl groups is 1. The standard InChI is InChI=1S/C18H12ClN5O3/c19-9-5-7-10(8-6-9)24-17-14(22-18(24)27)13(15(20)26)21-16(23-17)11-3-1-2-4-12(11)25/h1-8,25H,(H2,20,26)(H,22,27). The lowest BCUT2D eigenvalue weighted by molar-refractivity contribution is 0.0997. The van der Waals surface area contributed by atoms with Gasteiger partial charge in [-0.15, -0.1) is 0 Å². The molecule has 0 spiro atoms. The number of H-pyrrole nitrogens is 1. The van der Waals surface area contributed by atoms with Gasteiger partial charge in [-0.1, -0.05) is 23.7 Å². The number of nitrogens with zero attached hydrogens (tertiary/aromatic N) is 3. The highest BCUT2D eigenvalue weighted by Crippen LogP contribution is 2.28. The molecule has 0 aliphatic carbocycles. The number of phenols is 1. The quantitative estimate of drug-likeness (QED) is 0.501. The van der Waals surface area contributed by atoms with E-state index in [2.05, 4.69) is 15.0 Å². The van der Waals surface area contributed by atoms with Crippen molar-refractivity contribution in [2.45, 2.75) is 0 Å². The highest BCUT2D eigenvalue weighted by Gasteiger charge is 2.21. The number of imidazole rings is 1. The minimum absolute atomic E-state index is 0.0658. The summed E-state index contributed by atoms with van der Waals surface area (Å²) in [5.41, 5.74) is 5.84. The topological polar surface area (TPSA) is 127 Å². The number of halogens is 1. The number of benzene rings is 2. The van der Waals surface area contributed by atoms with E-state index in [9.17, 15) is 14.7 Å². The summed E-state index contributed by atoms with van der Waals surface area (Å²) < 4.78 is 1.28. The van der Waals surface area contributed by atoms with Crippen LogP contribution in [0.2, 0.25) is 5.02 Å². The first-order chi connectivity index (χ1) is 13.0. The summed E-state index contributed by atoms with van der Waals surface area (Å²) in [4.78, 5) is 35.5. The molecule has 2 aromatic heterocycles. The molecule has 0 unspecified atom stereocenters. The van der Waals surface area contributed by atoms with Crippen LogP contribution < -0.4 is 11.4 Å². The molecule has 0 atom stereocenters. The Hall–Kier alpha value is -3.65. The van der Waals surface area contributed by atoms with Crippen LogP contribution in [0.3, 0.4) is 0 Å². The first-order valence-electron chi connectivity index (χ1n) is 7.82. The van der Waals surface area contributed by atoms with E-state index in [1.54, 1.807) is 42.5 Å². The summed E-state index contributed by atoms with van der Waals surface area (Å²) in [5, 5.41) is 10.6. The lowest BCUT2D eigenvalue weighted by atomic mass is 10.2. The molecule has 0 aliphatic rings. The first-order valence-corrected chi connectivity index (χ1v) is 8.20. The minimum atomic E-state index is -0.830. The first kappa shape index (κ1) is 16.8. The number of carbonyl (C=O) groups excluding carboxylic acids is 1. The fourth-order valence-electron chi connectivity index (χ4n) is 2.78. The average molecular weight is 382 g/mol. The van der Waals surface area contributed by atoms with Gasteiger partial charge in [0.1, 0.15) is 11.3 Å². The zero-order chi connectivity index (χ0) is 19.1. The summed E-state index contributed by atoms with van der Waals surface area (Å²) >= 11 is 5.91. The lowest BCUT2D eigenvalue weighted by Gasteiger charge is -2.07. The van der Waals surface area contributed by atoms with Crippen molar-refractivity contribution in [1.29, 1.82) is 0 Å². The number of nitrogens with one attached hydrogen (secondary N) is 1. The molecular weight excluding hydrogens is 370 g/mol. The molecule has 0 saturated heterocycles. The Morgan fingerprint density at radius 1 is 1.11 bits per heavy atom. The molecule has 2 heterocycles. The van der Waals surface area contributed by atoms with Crippen molar-refractivity contribution in [2.75, 3.05) is 0 Å². The molecule has 0 bridgehead atoms. The number of aromatic nitrogens is 4. The molecule has 27 heavy (non-hydrogen) atoms. The van der Waals surface area contributed by atoms with E-state index in [0.717, 1.165) is 0 Å². The van der Waals surface area contributed by atoms with E-state index in [4.69, 9.17) is 17.3 Å². The summed E-state index contributed by atoms with van der Waals surface area (Å²) in [7, 11) is 0. The van der Waals surface area contributed by atoms with Crippen molar-refractivity contribution in [3.05, 3.63) is 69.7 Å². The molecule has 134 valence electrons. The van der Waals surface area contributed by atoms with Crippen LogP contribution in [-0.4, -0.2) is 30.5 Å². The number of nitrogens with two attached hydrogens (primary N) is 1. The highest BCUT2D eigenvalue weighted by atomic mass is 35.5. The maximum atomic E-state index is 12.5. The third kappa shape index (κ3) is 2.81. The second kappa shape index (κ2) is 6.26. The van der Waals surface area contributed by atoms with Crippen LogP contribution in [0, 0.1) is 0 Å². The summed E-state index contributed by atoms with van der Waals surface area (Å²) in [6, 6.07) is 12.9. The predicted octanol–water partition coefficient (Wildman–Crippen LogP) is 2.23. The van der Waals surface area contributed by atoms with Gasteiger partial charge < -0.3 is 15.8 Å². The zero-order valence-electron chi connectivity index (χ0n) is 13.7. The van der Waals surface area contributed by atoms with Gasteiger partial charge in [-0.05, 0) is 36.4 Å². The van der Waals surface area contributed by atoms with Gasteiger partial charge in [-0.3, -0.25) is 4.79 Å². The molecule has 4 rings (SSSR count). The SMILES string of the molecule is NC(=O)c1nc(-c2ccccc2O)nc2c1[nH]c(=O)n2-c1ccc(Cl)cc1. The highest BCUT2D eigenvalue weighted by molar-refractivity contribution is 6.30. The van der Waals surface area contributed by atoms with Gasteiger partial charge in [0.05, 0.1) is 11.3 Å². The van der Waals surface area contributed by atoms with Gasteiger partial charge in [-0.2, -0.15) is 0 Å². The Balaban J connectivity index is 2.08. The largest absolute Gasteiger partial charge is 0.507 e. The molecule has 4 N–H and O–H groups in total. The average Bonchev–Trinajstić information content (AvgIpc) is 2.97.